The van der Waals surface area contributed by atoms with Gasteiger partial charge >= 0.3 is 6.03 Å². The van der Waals surface area contributed by atoms with Gasteiger partial charge in [-0.15, -0.1) is 0 Å². The second-order valence-electron chi connectivity index (χ2n) is 6.21. The zero-order valence-electron chi connectivity index (χ0n) is 12.1. The molecule has 3 atom stereocenters. The van der Waals surface area contributed by atoms with Gasteiger partial charge in [-0.1, -0.05) is 33.6 Å². The van der Waals surface area contributed by atoms with Crippen molar-refractivity contribution >= 4 is 6.03 Å². The quantitative estimate of drug-likeness (QED) is 0.722. The molecule has 0 spiro atoms. The molecule has 0 aliphatic heterocycles. The molecular weight excluding hydrogens is 228 g/mol. The summed E-state index contributed by atoms with van der Waals surface area (Å²) in [6.07, 6.45) is 4.71. The number of rotatable bonds is 4. The largest absolute Gasteiger partial charge is 0.388 e. The molecule has 1 aliphatic rings. The molecule has 1 rings (SSSR count). The monoisotopic (exact) mass is 256 g/mol. The van der Waals surface area contributed by atoms with Crippen molar-refractivity contribution < 1.29 is 9.90 Å². The van der Waals surface area contributed by atoms with Gasteiger partial charge in [0.2, 0.25) is 0 Å². The molecule has 1 aliphatic carbocycles. The Balaban J connectivity index is 2.33. The van der Waals surface area contributed by atoms with Crippen LogP contribution in [0.3, 0.4) is 0 Å². The van der Waals surface area contributed by atoms with E-state index in [0.29, 0.717) is 5.92 Å². The van der Waals surface area contributed by atoms with Crippen LogP contribution in [0.25, 0.3) is 0 Å². The number of carbonyl (C=O) groups excluding carboxylic acids is 1. The summed E-state index contributed by atoms with van der Waals surface area (Å²) in [5.74, 6) is 0.668. The molecule has 3 N–H and O–H groups in total. The van der Waals surface area contributed by atoms with Crippen molar-refractivity contribution in [3.8, 4) is 0 Å². The smallest absolute Gasteiger partial charge is 0.315 e. The van der Waals surface area contributed by atoms with Crippen LogP contribution in [-0.4, -0.2) is 29.3 Å². The van der Waals surface area contributed by atoms with Crippen LogP contribution >= 0.6 is 0 Å². The van der Waals surface area contributed by atoms with E-state index in [1.807, 2.05) is 13.8 Å². The Morgan fingerprint density at radius 2 is 2.00 bits per heavy atom. The highest BCUT2D eigenvalue weighted by Crippen LogP contribution is 2.23. The molecule has 0 radical (unpaired) electrons. The van der Waals surface area contributed by atoms with E-state index in [1.165, 1.54) is 19.3 Å². The van der Waals surface area contributed by atoms with Crippen molar-refractivity contribution in [1.82, 2.24) is 10.6 Å². The lowest BCUT2D eigenvalue weighted by Gasteiger charge is -2.31. The molecule has 3 unspecified atom stereocenters. The van der Waals surface area contributed by atoms with Gasteiger partial charge in [0.25, 0.3) is 0 Å². The molecule has 0 heterocycles. The molecule has 0 aromatic heterocycles. The van der Waals surface area contributed by atoms with E-state index < -0.39 is 5.60 Å². The van der Waals surface area contributed by atoms with E-state index in [2.05, 4.69) is 17.6 Å². The van der Waals surface area contributed by atoms with Crippen LogP contribution in [0, 0.1) is 11.8 Å². The van der Waals surface area contributed by atoms with E-state index >= 15 is 0 Å². The number of hydrogen-bond acceptors (Lipinski definition) is 2. The fourth-order valence-electron chi connectivity index (χ4n) is 2.21. The van der Waals surface area contributed by atoms with Crippen molar-refractivity contribution in [3.63, 3.8) is 0 Å². The normalized spacial score (nSPS) is 27.7. The highest BCUT2D eigenvalue weighted by atomic mass is 16.3. The van der Waals surface area contributed by atoms with Gasteiger partial charge < -0.3 is 15.7 Å². The summed E-state index contributed by atoms with van der Waals surface area (Å²) in [5.41, 5.74) is -0.852. The van der Waals surface area contributed by atoms with Crippen LogP contribution in [0.1, 0.15) is 53.4 Å². The first kappa shape index (κ1) is 15.3. The van der Waals surface area contributed by atoms with Gasteiger partial charge in [0.15, 0.2) is 0 Å². The van der Waals surface area contributed by atoms with Gasteiger partial charge in [0.1, 0.15) is 0 Å². The van der Waals surface area contributed by atoms with Gasteiger partial charge in [-0.3, -0.25) is 0 Å². The topological polar surface area (TPSA) is 61.4 Å². The zero-order valence-corrected chi connectivity index (χ0v) is 12.1. The summed E-state index contributed by atoms with van der Waals surface area (Å²) in [7, 11) is 0. The summed E-state index contributed by atoms with van der Waals surface area (Å²) >= 11 is 0. The van der Waals surface area contributed by atoms with E-state index in [4.69, 9.17) is 0 Å². The summed E-state index contributed by atoms with van der Waals surface area (Å²) in [4.78, 5) is 11.8. The zero-order chi connectivity index (χ0) is 13.8. The maximum Gasteiger partial charge on any atom is 0.315 e. The van der Waals surface area contributed by atoms with Crippen molar-refractivity contribution in [2.45, 2.75) is 65.0 Å². The third-order valence-corrected chi connectivity index (χ3v) is 4.28. The fraction of sp³-hybridized carbons (Fsp3) is 0.929. The van der Waals surface area contributed by atoms with Gasteiger partial charge in [-0.2, -0.15) is 0 Å². The minimum absolute atomic E-state index is 0.117. The van der Waals surface area contributed by atoms with Crippen molar-refractivity contribution in [2.75, 3.05) is 6.54 Å². The summed E-state index contributed by atoms with van der Waals surface area (Å²) in [5, 5.41) is 15.8. The predicted molar refractivity (Wildman–Crippen MR) is 73.4 cm³/mol. The van der Waals surface area contributed by atoms with Crippen LogP contribution in [0.2, 0.25) is 0 Å². The van der Waals surface area contributed by atoms with Crippen LogP contribution in [0.4, 0.5) is 4.79 Å². The Labute approximate surface area is 111 Å². The van der Waals surface area contributed by atoms with Crippen molar-refractivity contribution in [3.05, 3.63) is 0 Å². The molecular formula is C14H28N2O2. The van der Waals surface area contributed by atoms with E-state index in [-0.39, 0.29) is 24.5 Å². The molecule has 4 nitrogen and oxygen atoms in total. The first-order valence-electron chi connectivity index (χ1n) is 7.09. The summed E-state index contributed by atoms with van der Waals surface area (Å²) in [6.45, 7) is 8.12. The Morgan fingerprint density at radius 3 is 2.56 bits per heavy atom. The van der Waals surface area contributed by atoms with E-state index in [1.54, 1.807) is 6.92 Å². The average molecular weight is 256 g/mol. The third-order valence-electron chi connectivity index (χ3n) is 4.28. The Kier molecular flexibility index (Phi) is 5.45. The lowest BCUT2D eigenvalue weighted by Crippen LogP contribution is -2.51. The second kappa shape index (κ2) is 6.41. The van der Waals surface area contributed by atoms with Gasteiger partial charge in [-0.25, -0.2) is 4.79 Å². The van der Waals surface area contributed by atoms with Crippen LogP contribution in [0.5, 0.6) is 0 Å². The summed E-state index contributed by atoms with van der Waals surface area (Å²) < 4.78 is 0. The average Bonchev–Trinajstić information content (AvgIpc) is 2.29. The first-order chi connectivity index (χ1) is 8.33. The number of hydrogen-bond donors (Lipinski definition) is 3. The number of carbonyl (C=O) groups is 1. The Hall–Kier alpha value is -0.770. The van der Waals surface area contributed by atoms with Gasteiger partial charge in [-0.05, 0) is 31.6 Å². The standard InChI is InChI=1S/C14H28N2O2/c1-10(2)14(4,18)9-15-13(17)16-12-8-6-5-7-11(12)3/h10-12,18H,5-9H2,1-4H3,(H2,15,16,17). The molecule has 0 aromatic rings. The molecule has 18 heavy (non-hydrogen) atoms. The van der Waals surface area contributed by atoms with Gasteiger partial charge in [0.05, 0.1) is 5.60 Å². The van der Waals surface area contributed by atoms with Crippen LogP contribution < -0.4 is 10.6 Å². The second-order valence-corrected chi connectivity index (χ2v) is 6.21. The summed E-state index contributed by atoms with van der Waals surface area (Å²) in [6, 6.07) is 0.123. The van der Waals surface area contributed by atoms with Crippen molar-refractivity contribution in [2.24, 2.45) is 11.8 Å². The minimum Gasteiger partial charge on any atom is -0.388 e. The maximum atomic E-state index is 11.8. The number of aliphatic hydroxyl groups is 1. The lowest BCUT2D eigenvalue weighted by atomic mass is 9.86. The molecule has 0 saturated heterocycles. The third kappa shape index (κ3) is 4.48. The minimum atomic E-state index is -0.852. The van der Waals surface area contributed by atoms with E-state index in [0.717, 1.165) is 6.42 Å². The van der Waals surface area contributed by atoms with Crippen LogP contribution in [-0.2, 0) is 0 Å². The predicted octanol–water partition coefficient (Wildman–Crippen LogP) is 2.27. The Bertz CT molecular complexity index is 277. The highest BCUT2D eigenvalue weighted by Gasteiger charge is 2.27. The first-order valence-corrected chi connectivity index (χ1v) is 7.09. The van der Waals surface area contributed by atoms with Crippen LogP contribution in [0.15, 0.2) is 0 Å². The lowest BCUT2D eigenvalue weighted by molar-refractivity contribution is 0.0164. The number of urea groups is 1. The van der Waals surface area contributed by atoms with Crippen molar-refractivity contribution in [1.29, 1.82) is 0 Å². The number of nitrogens with one attached hydrogen (secondary N) is 2. The van der Waals surface area contributed by atoms with Gasteiger partial charge in [0, 0.05) is 12.6 Å². The maximum absolute atomic E-state index is 11.8. The van der Waals surface area contributed by atoms with E-state index in [9.17, 15) is 9.90 Å². The molecule has 106 valence electrons. The molecule has 4 heteroatoms. The highest BCUT2D eigenvalue weighted by molar-refractivity contribution is 5.74. The SMILES string of the molecule is CC1CCCCC1NC(=O)NCC(C)(O)C(C)C. The number of amides is 2. The molecule has 0 aromatic carbocycles. The molecule has 1 saturated carbocycles. The Morgan fingerprint density at radius 1 is 1.39 bits per heavy atom. The molecule has 2 amide bonds. The molecule has 0 bridgehead atoms. The molecule has 1 fully saturated rings. The fourth-order valence-corrected chi connectivity index (χ4v) is 2.21.